The highest BCUT2D eigenvalue weighted by Gasteiger charge is 2.27. The molecular formula is C32H43N3O3. The van der Waals surface area contributed by atoms with Gasteiger partial charge in [-0.2, -0.15) is 0 Å². The summed E-state index contributed by atoms with van der Waals surface area (Å²) in [6.07, 6.45) is 0.833. The van der Waals surface area contributed by atoms with Gasteiger partial charge in [0, 0.05) is 26.6 Å². The molecule has 0 saturated carbocycles. The van der Waals surface area contributed by atoms with E-state index in [0.29, 0.717) is 32.0 Å². The summed E-state index contributed by atoms with van der Waals surface area (Å²) in [5.74, 6) is 1.42. The van der Waals surface area contributed by atoms with Crippen LogP contribution in [0.3, 0.4) is 0 Å². The summed E-state index contributed by atoms with van der Waals surface area (Å²) in [5, 5.41) is 2.76. The third-order valence-electron chi connectivity index (χ3n) is 6.84. The fourth-order valence-corrected chi connectivity index (χ4v) is 4.68. The fraction of sp³-hybridized carbons (Fsp3) is 0.438. The third kappa shape index (κ3) is 7.35. The molecule has 0 aliphatic carbocycles. The molecule has 2 aromatic carbocycles. The van der Waals surface area contributed by atoms with Crippen molar-refractivity contribution in [1.29, 1.82) is 0 Å². The van der Waals surface area contributed by atoms with Gasteiger partial charge in [-0.15, -0.1) is 0 Å². The van der Waals surface area contributed by atoms with Crippen LogP contribution in [0.5, 0.6) is 5.75 Å². The van der Waals surface area contributed by atoms with Crippen LogP contribution in [-0.4, -0.2) is 48.9 Å². The number of carbonyl (C=O) groups excluding carboxylic acids is 1. The first-order chi connectivity index (χ1) is 17.9. The van der Waals surface area contributed by atoms with Crippen molar-refractivity contribution in [2.45, 2.75) is 67.0 Å². The van der Waals surface area contributed by atoms with Gasteiger partial charge >= 0.3 is 0 Å². The van der Waals surface area contributed by atoms with Crippen LogP contribution >= 0.6 is 0 Å². The number of hydrogen-bond donors (Lipinski definition) is 1. The van der Waals surface area contributed by atoms with Gasteiger partial charge in [0.25, 0.3) is 0 Å². The Morgan fingerprint density at radius 2 is 1.79 bits per heavy atom. The fourth-order valence-electron chi connectivity index (χ4n) is 4.68. The molecule has 0 spiro atoms. The van der Waals surface area contributed by atoms with Gasteiger partial charge in [0.05, 0.1) is 24.6 Å². The Morgan fingerprint density at radius 3 is 2.39 bits per heavy atom. The Kier molecular flexibility index (Phi) is 9.55. The Morgan fingerprint density at radius 1 is 1.11 bits per heavy atom. The van der Waals surface area contributed by atoms with E-state index in [1.165, 1.54) is 11.1 Å². The average molecular weight is 518 g/mol. The number of rotatable bonds is 12. The summed E-state index contributed by atoms with van der Waals surface area (Å²) in [4.78, 5) is 19.6. The quantitative estimate of drug-likeness (QED) is 0.349. The molecule has 0 fully saturated rings. The van der Waals surface area contributed by atoms with Crippen LogP contribution in [0, 0.1) is 20.8 Å². The first-order valence-electron chi connectivity index (χ1n) is 13.3. The van der Waals surface area contributed by atoms with Crippen molar-refractivity contribution >= 4 is 11.6 Å². The summed E-state index contributed by atoms with van der Waals surface area (Å²) >= 11 is 0. The maximum absolute atomic E-state index is 12.4. The van der Waals surface area contributed by atoms with E-state index < -0.39 is 5.60 Å². The molecule has 0 saturated heterocycles. The molecule has 0 unspecified atom stereocenters. The second-order valence-corrected chi connectivity index (χ2v) is 10.7. The highest BCUT2D eigenvalue weighted by atomic mass is 16.5. The lowest BCUT2D eigenvalue weighted by atomic mass is 10.0. The van der Waals surface area contributed by atoms with E-state index in [4.69, 9.17) is 14.5 Å². The molecule has 6 heteroatoms. The van der Waals surface area contributed by atoms with Gasteiger partial charge in [0.2, 0.25) is 5.91 Å². The molecule has 1 heterocycles. The lowest BCUT2D eigenvalue weighted by Crippen LogP contribution is -2.36. The number of allylic oxidation sites excluding steroid dienone is 1. The van der Waals surface area contributed by atoms with Gasteiger partial charge in [-0.25, -0.2) is 0 Å². The molecule has 0 atom stereocenters. The zero-order chi connectivity index (χ0) is 28.0. The number of nitrogens with one attached hydrogen (secondary N) is 1. The van der Waals surface area contributed by atoms with Crippen molar-refractivity contribution in [3.63, 3.8) is 0 Å². The predicted molar refractivity (Wildman–Crippen MR) is 156 cm³/mol. The van der Waals surface area contributed by atoms with E-state index in [-0.39, 0.29) is 5.91 Å². The topological polar surface area (TPSA) is 63.2 Å². The summed E-state index contributed by atoms with van der Waals surface area (Å²) in [7, 11) is 1.67. The summed E-state index contributed by atoms with van der Waals surface area (Å²) in [6, 6.07) is 12.7. The van der Waals surface area contributed by atoms with Crippen LogP contribution < -0.4 is 10.1 Å². The van der Waals surface area contributed by atoms with Crippen molar-refractivity contribution < 1.29 is 14.3 Å². The second kappa shape index (κ2) is 12.4. The number of amides is 1. The molecule has 1 amide bonds. The van der Waals surface area contributed by atoms with E-state index in [1.807, 2.05) is 20.8 Å². The van der Waals surface area contributed by atoms with Gasteiger partial charge in [-0.1, -0.05) is 48.5 Å². The highest BCUT2D eigenvalue weighted by molar-refractivity contribution is 6.04. The van der Waals surface area contributed by atoms with Crippen molar-refractivity contribution in [2.24, 2.45) is 4.99 Å². The molecular weight excluding hydrogens is 474 g/mol. The van der Waals surface area contributed by atoms with E-state index >= 15 is 0 Å². The Hall–Kier alpha value is -3.38. The molecule has 3 rings (SSSR count). The molecule has 1 aliphatic rings. The Bertz CT molecular complexity index is 1230. The molecule has 0 radical (unpaired) electrons. The Labute approximate surface area is 228 Å². The van der Waals surface area contributed by atoms with Gasteiger partial charge in [-0.3, -0.25) is 14.7 Å². The Balaban J connectivity index is 1.82. The molecule has 38 heavy (non-hydrogen) atoms. The summed E-state index contributed by atoms with van der Waals surface area (Å²) in [6.45, 7) is 20.3. The minimum Gasteiger partial charge on any atom is -0.495 e. The molecule has 1 aliphatic heterocycles. The van der Waals surface area contributed by atoms with Crippen LogP contribution in [0.25, 0.3) is 0 Å². The number of benzene rings is 2. The minimum absolute atomic E-state index is 0.0197. The van der Waals surface area contributed by atoms with Crippen LogP contribution in [0.1, 0.15) is 61.9 Å². The molecule has 1 N–H and O–H groups in total. The maximum atomic E-state index is 12.4. The van der Waals surface area contributed by atoms with Crippen LogP contribution in [0.4, 0.5) is 0 Å². The normalized spacial score (nSPS) is 13.6. The lowest BCUT2D eigenvalue weighted by molar-refractivity contribution is -0.121. The van der Waals surface area contributed by atoms with Gasteiger partial charge in [-0.05, 0) is 76.3 Å². The SMILES string of the molecule is C=C(OCC)C(C)(C)Oc1c(C)cc(CN(CC(=O)NC)CC2=C(C)CC(c3cccc(C)c3)=N2)cc1C. The zero-order valence-corrected chi connectivity index (χ0v) is 24.3. The predicted octanol–water partition coefficient (Wildman–Crippen LogP) is 6.03. The van der Waals surface area contributed by atoms with Crippen LogP contribution in [0.2, 0.25) is 0 Å². The number of carbonyl (C=O) groups is 1. The first kappa shape index (κ1) is 29.2. The van der Waals surface area contributed by atoms with Crippen LogP contribution in [0.15, 0.2) is 65.0 Å². The molecule has 0 aromatic heterocycles. The number of nitrogens with zero attached hydrogens (tertiary/aromatic N) is 2. The molecule has 6 nitrogen and oxygen atoms in total. The summed E-state index contributed by atoms with van der Waals surface area (Å²) in [5.41, 5.74) is 8.29. The van der Waals surface area contributed by atoms with E-state index in [0.717, 1.165) is 45.8 Å². The maximum Gasteiger partial charge on any atom is 0.233 e. The van der Waals surface area contributed by atoms with E-state index in [2.05, 4.69) is 80.9 Å². The van der Waals surface area contributed by atoms with Gasteiger partial charge in [0.15, 0.2) is 5.60 Å². The largest absolute Gasteiger partial charge is 0.495 e. The second-order valence-electron chi connectivity index (χ2n) is 10.7. The molecule has 2 aromatic rings. The number of hydrogen-bond acceptors (Lipinski definition) is 5. The van der Waals surface area contributed by atoms with Crippen molar-refractivity contribution in [2.75, 3.05) is 26.7 Å². The first-order valence-corrected chi connectivity index (χ1v) is 13.3. The van der Waals surface area contributed by atoms with E-state index in [9.17, 15) is 4.79 Å². The highest BCUT2D eigenvalue weighted by Crippen LogP contribution is 2.32. The van der Waals surface area contributed by atoms with Gasteiger partial charge < -0.3 is 14.8 Å². The summed E-state index contributed by atoms with van der Waals surface area (Å²) < 4.78 is 12.0. The monoisotopic (exact) mass is 517 g/mol. The standard InChI is InChI=1S/C32H43N3O3/c1-10-37-25(6)32(7,8)38-31-23(4)15-26(16-24(31)5)18-35(20-30(36)33-9)19-29-22(3)17-28(34-29)27-13-11-12-21(2)14-27/h11-16H,6,10,17-20H2,1-5,7-9H3,(H,33,36). The number of likely N-dealkylation sites (N-methyl/N-ethyl adjacent to an activating group) is 1. The zero-order valence-electron chi connectivity index (χ0n) is 24.3. The average Bonchev–Trinajstić information content (AvgIpc) is 3.21. The van der Waals surface area contributed by atoms with E-state index in [1.54, 1.807) is 7.05 Å². The number of aryl methyl sites for hydroxylation is 3. The van der Waals surface area contributed by atoms with Crippen LogP contribution in [-0.2, 0) is 16.1 Å². The van der Waals surface area contributed by atoms with Crippen molar-refractivity contribution in [3.05, 3.63) is 87.8 Å². The lowest BCUT2D eigenvalue weighted by Gasteiger charge is -2.30. The van der Waals surface area contributed by atoms with Crippen molar-refractivity contribution in [3.8, 4) is 5.75 Å². The number of aliphatic imine (C=N–C) groups is 1. The third-order valence-corrected chi connectivity index (χ3v) is 6.84. The number of ether oxygens (including phenoxy) is 2. The minimum atomic E-state index is -0.655. The molecule has 0 bridgehead atoms. The van der Waals surface area contributed by atoms with Crippen molar-refractivity contribution in [1.82, 2.24) is 10.2 Å². The smallest absolute Gasteiger partial charge is 0.233 e. The molecule has 204 valence electrons. The van der Waals surface area contributed by atoms with Gasteiger partial charge in [0.1, 0.15) is 11.5 Å².